The second kappa shape index (κ2) is 8.74. The Labute approximate surface area is 171 Å². The van der Waals surface area contributed by atoms with Crippen LogP contribution in [0.4, 0.5) is 5.69 Å². The summed E-state index contributed by atoms with van der Waals surface area (Å²) in [6.07, 6.45) is 6.55. The summed E-state index contributed by atoms with van der Waals surface area (Å²) < 4.78 is 2.03. The number of carbonyl (C=O) groups is 1. The Morgan fingerprint density at radius 1 is 1.00 bits per heavy atom. The fourth-order valence-electron chi connectivity index (χ4n) is 3.54. The number of aromatic nitrogens is 2. The second-order valence-electron chi connectivity index (χ2n) is 6.82. The fourth-order valence-corrected chi connectivity index (χ4v) is 3.54. The highest BCUT2D eigenvalue weighted by molar-refractivity contribution is 5.98. The molecule has 0 unspecified atom stereocenters. The van der Waals surface area contributed by atoms with Crippen LogP contribution in [0.1, 0.15) is 32.1 Å². The number of nitrogens with one attached hydrogen (secondary N) is 1. The minimum Gasteiger partial charge on any atom is -0.324 e. The van der Waals surface area contributed by atoms with E-state index >= 15 is 0 Å². The van der Waals surface area contributed by atoms with Gasteiger partial charge in [0.25, 0.3) is 0 Å². The van der Waals surface area contributed by atoms with Gasteiger partial charge in [0.15, 0.2) is 0 Å². The first-order chi connectivity index (χ1) is 12.2. The van der Waals surface area contributed by atoms with E-state index in [1.807, 2.05) is 59.4 Å². The highest BCUT2D eigenvalue weighted by Crippen LogP contribution is 2.27. The molecule has 27 heavy (non-hydrogen) atoms. The normalized spacial score (nSPS) is 15.4. The van der Waals surface area contributed by atoms with Gasteiger partial charge >= 0.3 is 0 Å². The van der Waals surface area contributed by atoms with Crippen molar-refractivity contribution >= 4 is 47.4 Å². The number of rotatable bonds is 3. The number of nitrogens with zero attached hydrogens (tertiary/aromatic N) is 2. The molecule has 1 heterocycles. The molecule has 4 rings (SSSR count). The van der Waals surface area contributed by atoms with Crippen LogP contribution in [0, 0.1) is 0 Å². The molecule has 1 aliphatic carbocycles. The summed E-state index contributed by atoms with van der Waals surface area (Å²) in [5, 5.41) is 2.97. The predicted octanol–water partition coefficient (Wildman–Crippen LogP) is 4.47. The van der Waals surface area contributed by atoms with Gasteiger partial charge in [-0.15, -0.1) is 24.8 Å². The number of hydrogen-bond acceptors (Lipinski definition) is 3. The zero-order valence-corrected chi connectivity index (χ0v) is 16.6. The zero-order valence-electron chi connectivity index (χ0n) is 14.9. The van der Waals surface area contributed by atoms with Gasteiger partial charge in [-0.2, -0.15) is 0 Å². The third kappa shape index (κ3) is 4.26. The summed E-state index contributed by atoms with van der Waals surface area (Å²) in [5.74, 6) is -0.0759. The number of benzene rings is 2. The van der Waals surface area contributed by atoms with E-state index in [9.17, 15) is 4.79 Å². The molecule has 2 aromatic carbocycles. The maximum absolute atomic E-state index is 12.5. The van der Waals surface area contributed by atoms with Crippen LogP contribution < -0.4 is 11.1 Å². The van der Waals surface area contributed by atoms with E-state index < -0.39 is 5.54 Å². The lowest BCUT2D eigenvalue weighted by molar-refractivity contribution is -0.122. The molecule has 1 fully saturated rings. The Balaban J connectivity index is 0.00000131. The number of anilines is 1. The first-order valence-electron chi connectivity index (χ1n) is 8.79. The highest BCUT2D eigenvalue weighted by atomic mass is 35.5. The number of para-hydroxylation sites is 2. The summed E-state index contributed by atoms with van der Waals surface area (Å²) >= 11 is 0. The molecule has 0 radical (unpaired) electrons. The first-order valence-corrected chi connectivity index (χ1v) is 8.79. The molecule has 0 spiro atoms. The largest absolute Gasteiger partial charge is 0.324 e. The van der Waals surface area contributed by atoms with E-state index in [1.54, 1.807) is 0 Å². The molecule has 144 valence electrons. The average molecular weight is 407 g/mol. The average Bonchev–Trinajstić information content (AvgIpc) is 3.07. The molecule has 0 saturated heterocycles. The molecule has 1 aliphatic rings. The SMILES string of the molecule is Cl.Cl.NC1(C(=O)Nc2ccc(-n3cnc4ccccc43)cc2)CCCCC1. The van der Waals surface area contributed by atoms with Crippen LogP contribution in [0.15, 0.2) is 54.9 Å². The van der Waals surface area contributed by atoms with Crippen molar-refractivity contribution in [2.45, 2.75) is 37.6 Å². The van der Waals surface area contributed by atoms with E-state index in [1.165, 1.54) is 6.42 Å². The van der Waals surface area contributed by atoms with Crippen LogP contribution in [0.2, 0.25) is 0 Å². The number of halogens is 2. The van der Waals surface area contributed by atoms with Crippen molar-refractivity contribution in [2.24, 2.45) is 5.73 Å². The van der Waals surface area contributed by atoms with Gasteiger partial charge in [-0.05, 0) is 49.2 Å². The van der Waals surface area contributed by atoms with Crippen LogP contribution in [0.5, 0.6) is 0 Å². The van der Waals surface area contributed by atoms with E-state index in [2.05, 4.69) is 10.3 Å². The number of nitrogens with two attached hydrogens (primary N) is 1. The number of fused-ring (bicyclic) bond motifs is 1. The molecule has 3 aromatic rings. The number of amides is 1. The second-order valence-corrected chi connectivity index (χ2v) is 6.82. The van der Waals surface area contributed by atoms with E-state index in [0.717, 1.165) is 48.1 Å². The molecule has 0 atom stereocenters. The summed E-state index contributed by atoms with van der Waals surface area (Å²) in [7, 11) is 0. The number of imidazole rings is 1. The van der Waals surface area contributed by atoms with Gasteiger partial charge in [0, 0.05) is 11.4 Å². The van der Waals surface area contributed by atoms with Crippen molar-refractivity contribution in [3.8, 4) is 5.69 Å². The predicted molar refractivity (Wildman–Crippen MR) is 114 cm³/mol. The summed E-state index contributed by atoms with van der Waals surface area (Å²) in [4.78, 5) is 16.9. The topological polar surface area (TPSA) is 72.9 Å². The maximum atomic E-state index is 12.5. The molecule has 1 aromatic heterocycles. The van der Waals surface area contributed by atoms with Gasteiger partial charge in [-0.3, -0.25) is 9.36 Å². The van der Waals surface area contributed by atoms with E-state index in [0.29, 0.717) is 0 Å². The van der Waals surface area contributed by atoms with Crippen molar-refractivity contribution in [3.63, 3.8) is 0 Å². The Kier molecular flexibility index (Phi) is 6.87. The Bertz CT molecular complexity index is 902. The first kappa shape index (κ1) is 21.2. The molecule has 1 saturated carbocycles. The quantitative estimate of drug-likeness (QED) is 0.673. The maximum Gasteiger partial charge on any atom is 0.244 e. The van der Waals surface area contributed by atoms with Crippen LogP contribution in [0.25, 0.3) is 16.7 Å². The van der Waals surface area contributed by atoms with Gasteiger partial charge in [0.2, 0.25) is 5.91 Å². The van der Waals surface area contributed by atoms with Gasteiger partial charge in [-0.25, -0.2) is 4.98 Å². The Morgan fingerprint density at radius 3 is 2.37 bits per heavy atom. The minimum atomic E-state index is -0.725. The molecule has 1 amide bonds. The van der Waals surface area contributed by atoms with E-state index in [-0.39, 0.29) is 30.7 Å². The Morgan fingerprint density at radius 2 is 1.67 bits per heavy atom. The van der Waals surface area contributed by atoms with Gasteiger partial charge in [-0.1, -0.05) is 31.4 Å². The van der Waals surface area contributed by atoms with Gasteiger partial charge in [0.05, 0.1) is 16.6 Å². The Hall–Kier alpha value is -2.08. The molecule has 7 heteroatoms. The summed E-state index contributed by atoms with van der Waals surface area (Å²) in [5.41, 5.74) is 9.37. The minimum absolute atomic E-state index is 0. The van der Waals surface area contributed by atoms with Gasteiger partial charge < -0.3 is 11.1 Å². The lowest BCUT2D eigenvalue weighted by Gasteiger charge is -2.31. The zero-order chi connectivity index (χ0) is 17.3. The summed E-state index contributed by atoms with van der Waals surface area (Å²) in [6, 6.07) is 15.8. The van der Waals surface area contributed by atoms with Crippen LogP contribution in [0.3, 0.4) is 0 Å². The molecule has 3 N–H and O–H groups in total. The lowest BCUT2D eigenvalue weighted by Crippen LogP contribution is -2.52. The number of hydrogen-bond donors (Lipinski definition) is 2. The standard InChI is InChI=1S/C20H22N4O.2ClH/c21-20(12-4-1-5-13-20)19(25)23-15-8-10-16(11-9-15)24-14-22-17-6-2-3-7-18(17)24;;/h2-3,6-11,14H,1,4-5,12-13,21H2,(H,23,25);2*1H. The molecular weight excluding hydrogens is 383 g/mol. The highest BCUT2D eigenvalue weighted by Gasteiger charge is 2.35. The van der Waals surface area contributed by atoms with Gasteiger partial charge in [0.1, 0.15) is 6.33 Å². The number of carbonyl (C=O) groups excluding carboxylic acids is 1. The third-order valence-corrected chi connectivity index (χ3v) is 5.05. The molecule has 0 bridgehead atoms. The lowest BCUT2D eigenvalue weighted by atomic mass is 9.82. The van der Waals surface area contributed by atoms with Crippen molar-refractivity contribution in [2.75, 3.05) is 5.32 Å². The molecule has 0 aliphatic heterocycles. The molecule has 5 nitrogen and oxygen atoms in total. The summed E-state index contributed by atoms with van der Waals surface area (Å²) in [6.45, 7) is 0. The van der Waals surface area contributed by atoms with E-state index in [4.69, 9.17) is 5.73 Å². The molecular formula is C20H24Cl2N4O. The smallest absolute Gasteiger partial charge is 0.244 e. The van der Waals surface area contributed by atoms with Crippen molar-refractivity contribution in [3.05, 3.63) is 54.9 Å². The van der Waals surface area contributed by atoms with Crippen LogP contribution >= 0.6 is 24.8 Å². The van der Waals surface area contributed by atoms with Crippen molar-refractivity contribution < 1.29 is 4.79 Å². The fraction of sp³-hybridized carbons (Fsp3) is 0.300. The monoisotopic (exact) mass is 406 g/mol. The van der Waals surface area contributed by atoms with Crippen molar-refractivity contribution in [1.29, 1.82) is 0 Å². The third-order valence-electron chi connectivity index (χ3n) is 5.05. The van der Waals surface area contributed by atoms with Crippen molar-refractivity contribution in [1.82, 2.24) is 9.55 Å². The van der Waals surface area contributed by atoms with Crippen LogP contribution in [-0.4, -0.2) is 21.0 Å². The van der Waals surface area contributed by atoms with Crippen LogP contribution in [-0.2, 0) is 4.79 Å².